The number of ether oxygens (including phenoxy) is 2. The van der Waals surface area contributed by atoms with Crippen LogP contribution in [0.3, 0.4) is 0 Å². The van der Waals surface area contributed by atoms with E-state index in [1.165, 1.54) is 44.3 Å². The van der Waals surface area contributed by atoms with Crippen LogP contribution in [0.4, 0.5) is 0 Å². The Morgan fingerprint density at radius 3 is 1.49 bits per heavy atom. The van der Waals surface area contributed by atoms with Crippen LogP contribution in [0.1, 0.15) is 43.7 Å². The highest BCUT2D eigenvalue weighted by atomic mass is 32.4. The highest BCUT2D eigenvalue weighted by Gasteiger charge is 2.41. The first-order valence-electron chi connectivity index (χ1n) is 15.1. The van der Waals surface area contributed by atoms with Crippen LogP contribution in [-0.2, 0) is 25.8 Å². The predicted molar refractivity (Wildman–Crippen MR) is 172 cm³/mol. The highest BCUT2D eigenvalue weighted by molar-refractivity contribution is 8.16. The van der Waals surface area contributed by atoms with Gasteiger partial charge in [-0.05, 0) is 67.0 Å². The van der Waals surface area contributed by atoms with E-state index in [1.807, 2.05) is 0 Å². The summed E-state index contributed by atoms with van der Waals surface area (Å²) in [5.41, 5.74) is 7.91. The summed E-state index contributed by atoms with van der Waals surface area (Å²) in [6, 6.07) is 21.4. The molecule has 0 unspecified atom stereocenters. The van der Waals surface area contributed by atoms with E-state index in [4.69, 9.17) is 25.8 Å². The number of hydrogen-bond donors (Lipinski definition) is 0. The first kappa shape index (κ1) is 28.6. The zero-order valence-electron chi connectivity index (χ0n) is 24.1. The average molecular weight is 589 g/mol. The molecular weight excluding hydrogens is 547 g/mol. The number of morpholine rings is 2. The first-order valence-corrected chi connectivity index (χ1v) is 17.8. The van der Waals surface area contributed by atoms with Gasteiger partial charge in [0.25, 0.3) is 0 Å². The van der Waals surface area contributed by atoms with Crippen LogP contribution in [-0.4, -0.2) is 69.0 Å². The summed E-state index contributed by atoms with van der Waals surface area (Å²) >= 11 is 6.85. The summed E-state index contributed by atoms with van der Waals surface area (Å²) in [5, 5.41) is 2.72. The van der Waals surface area contributed by atoms with E-state index < -0.39 is 6.26 Å². The van der Waals surface area contributed by atoms with Gasteiger partial charge >= 0.3 is 0 Å². The molecule has 0 spiro atoms. The Kier molecular flexibility index (Phi) is 9.24. The van der Waals surface area contributed by atoms with Gasteiger partial charge in [-0.3, -0.25) is 0 Å². The fourth-order valence-electron chi connectivity index (χ4n) is 6.55. The van der Waals surface area contributed by atoms with Gasteiger partial charge in [0.15, 0.2) is 0 Å². The Labute approximate surface area is 250 Å². The molecule has 216 valence electrons. The molecule has 0 radical (unpaired) electrons. The van der Waals surface area contributed by atoms with E-state index in [9.17, 15) is 0 Å². The maximum atomic E-state index is 6.88. The monoisotopic (exact) mass is 588 g/mol. The van der Waals surface area contributed by atoms with Crippen molar-refractivity contribution >= 4 is 30.2 Å². The van der Waals surface area contributed by atoms with E-state index in [0.29, 0.717) is 6.61 Å². The lowest BCUT2D eigenvalue weighted by Gasteiger charge is -2.36. The third kappa shape index (κ3) is 6.18. The summed E-state index contributed by atoms with van der Waals surface area (Å²) in [5.74, 6) is 0. The van der Waals surface area contributed by atoms with Gasteiger partial charge in [-0.15, -0.1) is 0 Å². The van der Waals surface area contributed by atoms with Gasteiger partial charge in [0.2, 0.25) is 0 Å². The van der Waals surface area contributed by atoms with Crippen molar-refractivity contribution in [2.45, 2.75) is 32.6 Å². The smallest absolute Gasteiger partial charge is 0.119 e. The zero-order chi connectivity index (χ0) is 28.1. The molecule has 0 atom stereocenters. The Balaban J connectivity index is 1.51. The third-order valence-corrected chi connectivity index (χ3v) is 12.9. The minimum Gasteiger partial charge on any atom is -0.378 e. The lowest BCUT2D eigenvalue weighted by atomic mass is 10.1. The number of hydrogen-bond acceptors (Lipinski definition) is 6. The fourth-order valence-corrected chi connectivity index (χ4v) is 10.9. The maximum Gasteiger partial charge on any atom is 0.119 e. The molecule has 6 rings (SSSR count). The molecule has 2 aliphatic heterocycles. The van der Waals surface area contributed by atoms with E-state index >= 15 is 0 Å². The van der Waals surface area contributed by atoms with Crippen molar-refractivity contribution in [3.63, 3.8) is 0 Å². The SMILES string of the molecule is CCOP(=S)(C1=C(N2CCOCC2)/C(=C/c2ccccc2)CC1)C1=C(N2CCOCC2)/C(=C/c2ccccc2)CC1. The van der Waals surface area contributed by atoms with Gasteiger partial charge in [0, 0.05) is 54.8 Å². The Morgan fingerprint density at radius 2 is 1.10 bits per heavy atom. The molecule has 0 N–H and O–H groups in total. The van der Waals surface area contributed by atoms with Crippen LogP contribution in [0.5, 0.6) is 0 Å². The van der Waals surface area contributed by atoms with Crippen molar-refractivity contribution in [3.8, 4) is 0 Å². The van der Waals surface area contributed by atoms with Gasteiger partial charge < -0.3 is 23.8 Å². The second-order valence-electron chi connectivity index (χ2n) is 10.9. The van der Waals surface area contributed by atoms with Crippen molar-refractivity contribution in [3.05, 3.63) is 105 Å². The molecule has 0 saturated carbocycles. The summed E-state index contributed by atoms with van der Waals surface area (Å²) in [7, 11) is 0. The molecule has 7 heteroatoms. The lowest BCUT2D eigenvalue weighted by molar-refractivity contribution is 0.0547. The molecule has 41 heavy (non-hydrogen) atoms. The van der Waals surface area contributed by atoms with Crippen molar-refractivity contribution in [1.82, 2.24) is 9.80 Å². The predicted octanol–water partition coefficient (Wildman–Crippen LogP) is 7.26. The topological polar surface area (TPSA) is 34.2 Å². The Hall–Kier alpha value is -2.47. The zero-order valence-corrected chi connectivity index (χ0v) is 25.8. The van der Waals surface area contributed by atoms with Gasteiger partial charge in [0.05, 0.1) is 26.4 Å². The molecule has 2 fully saturated rings. The van der Waals surface area contributed by atoms with Gasteiger partial charge in [0.1, 0.15) is 6.26 Å². The molecule has 0 bridgehead atoms. The Bertz CT molecular complexity index is 1290. The van der Waals surface area contributed by atoms with Crippen LogP contribution in [0.2, 0.25) is 0 Å². The first-order chi connectivity index (χ1) is 20.2. The van der Waals surface area contributed by atoms with Gasteiger partial charge in [-0.1, -0.05) is 72.5 Å². The van der Waals surface area contributed by atoms with Crippen LogP contribution in [0.15, 0.2) is 93.8 Å². The summed E-state index contributed by atoms with van der Waals surface area (Å²) in [6.45, 7) is 9.28. The summed E-state index contributed by atoms with van der Waals surface area (Å²) in [4.78, 5) is 5.07. The number of benzene rings is 2. The molecule has 2 aromatic rings. The molecule has 2 aliphatic carbocycles. The summed E-state index contributed by atoms with van der Waals surface area (Å²) < 4.78 is 18.4. The number of nitrogens with zero attached hydrogens (tertiary/aromatic N) is 2. The van der Waals surface area contributed by atoms with Crippen LogP contribution >= 0.6 is 6.26 Å². The van der Waals surface area contributed by atoms with E-state index in [-0.39, 0.29) is 0 Å². The maximum absolute atomic E-state index is 6.88. The standard InChI is InChI=1S/C34H41N2O3PS/c1-2-39-40(41,31-15-13-29(25-27-9-5-3-6-10-27)33(31)35-17-21-37-22-18-35)32-16-14-30(26-28-11-7-4-8-12-28)34(32)36-19-23-38-24-20-36/h3-12,25-26H,2,13-24H2,1H3/b29-25+,30-26+. The molecule has 2 heterocycles. The van der Waals surface area contributed by atoms with Crippen molar-refractivity contribution in [2.24, 2.45) is 0 Å². The van der Waals surface area contributed by atoms with Crippen molar-refractivity contribution in [1.29, 1.82) is 0 Å². The lowest BCUT2D eigenvalue weighted by Crippen LogP contribution is -2.36. The average Bonchev–Trinajstić information content (AvgIpc) is 3.64. The van der Waals surface area contributed by atoms with Gasteiger partial charge in [-0.2, -0.15) is 0 Å². The Morgan fingerprint density at radius 1 is 0.683 bits per heavy atom. The molecule has 4 aliphatic rings. The van der Waals surface area contributed by atoms with Crippen molar-refractivity contribution < 1.29 is 14.0 Å². The molecule has 2 aromatic carbocycles. The van der Waals surface area contributed by atoms with E-state index in [1.54, 1.807) is 0 Å². The van der Waals surface area contributed by atoms with Crippen LogP contribution in [0, 0.1) is 0 Å². The van der Waals surface area contributed by atoms with Crippen LogP contribution < -0.4 is 0 Å². The van der Waals surface area contributed by atoms with Gasteiger partial charge in [-0.25, -0.2) is 0 Å². The second kappa shape index (κ2) is 13.2. The van der Waals surface area contributed by atoms with E-state index in [2.05, 4.69) is 89.5 Å². The molecule has 0 aromatic heterocycles. The van der Waals surface area contributed by atoms with E-state index in [0.717, 1.165) is 78.3 Å². The van der Waals surface area contributed by atoms with Crippen LogP contribution in [0.25, 0.3) is 12.2 Å². The van der Waals surface area contributed by atoms with Crippen molar-refractivity contribution in [2.75, 3.05) is 59.2 Å². The number of rotatable bonds is 8. The molecule has 0 amide bonds. The minimum atomic E-state index is -2.50. The largest absolute Gasteiger partial charge is 0.378 e. The number of allylic oxidation sites excluding steroid dienone is 4. The normalized spacial score (nSPS) is 22.5. The fraction of sp³-hybridized carbons (Fsp3) is 0.412. The third-order valence-electron chi connectivity index (χ3n) is 8.37. The molecule has 2 saturated heterocycles. The summed E-state index contributed by atoms with van der Waals surface area (Å²) in [6.07, 6.45) is 6.15. The molecular formula is C34H41N2O3PS. The minimum absolute atomic E-state index is 0.618. The second-order valence-corrected chi connectivity index (χ2v) is 14.9. The highest BCUT2D eigenvalue weighted by Crippen LogP contribution is 2.71. The molecule has 5 nitrogen and oxygen atoms in total. The quantitative estimate of drug-likeness (QED) is 0.302.